The second-order valence-electron chi connectivity index (χ2n) is 4.11. The number of nitrogens with two attached hydrogens (primary N) is 1. The molecule has 2 heteroatoms. The molecule has 0 saturated carbocycles. The van der Waals surface area contributed by atoms with E-state index < -0.39 is 0 Å². The highest BCUT2D eigenvalue weighted by atomic mass is 15.0. The average molecular weight is 204 g/mol. The third kappa shape index (κ3) is 3.76. The normalized spacial score (nSPS) is 12.1. The molecule has 0 aliphatic heterocycles. The molecule has 15 heavy (non-hydrogen) atoms. The van der Waals surface area contributed by atoms with Gasteiger partial charge in [-0.2, -0.15) is 0 Å². The molecule has 0 unspecified atom stereocenters. The fraction of sp³-hybridized carbons (Fsp3) is 0.385. The largest absolute Gasteiger partial charge is 0.404 e. The minimum Gasteiger partial charge on any atom is -0.404 e. The Morgan fingerprint density at radius 3 is 2.67 bits per heavy atom. The van der Waals surface area contributed by atoms with Gasteiger partial charge in [-0.1, -0.05) is 29.8 Å². The maximum absolute atomic E-state index is 5.66. The zero-order valence-corrected chi connectivity index (χ0v) is 9.83. The summed E-state index contributed by atoms with van der Waals surface area (Å²) in [6.45, 7) is 3.13. The van der Waals surface area contributed by atoms with Gasteiger partial charge in [-0.15, -0.1) is 0 Å². The number of rotatable bonds is 4. The van der Waals surface area contributed by atoms with Crippen molar-refractivity contribution < 1.29 is 0 Å². The van der Waals surface area contributed by atoms with E-state index in [9.17, 15) is 0 Å². The molecule has 0 aliphatic carbocycles. The molecule has 2 nitrogen and oxygen atoms in total. The van der Waals surface area contributed by atoms with E-state index in [4.69, 9.17) is 5.73 Å². The summed E-state index contributed by atoms with van der Waals surface area (Å²) in [5.74, 6) is 0. The van der Waals surface area contributed by atoms with Crippen molar-refractivity contribution in [3.05, 3.63) is 41.6 Å². The molecular formula is C13H20N2. The fourth-order valence-corrected chi connectivity index (χ4v) is 1.51. The van der Waals surface area contributed by atoms with E-state index in [2.05, 4.69) is 50.2 Å². The van der Waals surface area contributed by atoms with Crippen LogP contribution >= 0.6 is 0 Å². The molecule has 0 bridgehead atoms. The second kappa shape index (κ2) is 5.56. The van der Waals surface area contributed by atoms with Gasteiger partial charge in [0.2, 0.25) is 0 Å². The monoisotopic (exact) mass is 204 g/mol. The van der Waals surface area contributed by atoms with Crippen LogP contribution in [0.5, 0.6) is 0 Å². The van der Waals surface area contributed by atoms with Gasteiger partial charge in [-0.05, 0) is 44.8 Å². The second-order valence-corrected chi connectivity index (χ2v) is 4.11. The maximum atomic E-state index is 5.66. The summed E-state index contributed by atoms with van der Waals surface area (Å²) < 4.78 is 0. The first-order valence-corrected chi connectivity index (χ1v) is 5.26. The molecule has 0 atom stereocenters. The molecule has 1 rings (SSSR count). The van der Waals surface area contributed by atoms with Gasteiger partial charge in [0, 0.05) is 6.54 Å². The molecule has 82 valence electrons. The minimum absolute atomic E-state index is 0.993. The Balaban J connectivity index is 2.75. The fourth-order valence-electron chi connectivity index (χ4n) is 1.51. The minimum atomic E-state index is 0.993. The first-order valence-electron chi connectivity index (χ1n) is 5.26. The van der Waals surface area contributed by atoms with Crippen LogP contribution in [0.1, 0.15) is 17.5 Å². The summed E-state index contributed by atoms with van der Waals surface area (Å²) >= 11 is 0. The Labute approximate surface area is 92.4 Å². The van der Waals surface area contributed by atoms with Crippen molar-refractivity contribution in [2.45, 2.75) is 13.3 Å². The van der Waals surface area contributed by atoms with Crippen LogP contribution in [-0.2, 0) is 0 Å². The maximum Gasteiger partial charge on any atom is 0.00165 e. The Hall–Kier alpha value is -1.28. The van der Waals surface area contributed by atoms with Crippen molar-refractivity contribution in [3.63, 3.8) is 0 Å². The Kier molecular flexibility index (Phi) is 4.37. The first-order chi connectivity index (χ1) is 7.13. The Morgan fingerprint density at radius 2 is 2.13 bits per heavy atom. The van der Waals surface area contributed by atoms with E-state index in [1.54, 1.807) is 6.20 Å². The van der Waals surface area contributed by atoms with E-state index in [-0.39, 0.29) is 0 Å². The van der Waals surface area contributed by atoms with Crippen LogP contribution in [0.4, 0.5) is 0 Å². The molecule has 2 N–H and O–H groups in total. The van der Waals surface area contributed by atoms with Gasteiger partial charge in [-0.25, -0.2) is 0 Å². The predicted molar refractivity (Wildman–Crippen MR) is 66.5 cm³/mol. The molecule has 0 heterocycles. The van der Waals surface area contributed by atoms with Gasteiger partial charge in [0.15, 0.2) is 0 Å². The quantitative estimate of drug-likeness (QED) is 0.815. The molecule has 1 aromatic carbocycles. The van der Waals surface area contributed by atoms with Crippen molar-refractivity contribution in [1.82, 2.24) is 4.90 Å². The van der Waals surface area contributed by atoms with Crippen LogP contribution in [0.15, 0.2) is 30.5 Å². The SMILES string of the molecule is Cc1cccc(/C(=C\N)CCN(C)C)c1. The van der Waals surface area contributed by atoms with Crippen molar-refractivity contribution in [2.24, 2.45) is 5.73 Å². The molecule has 0 aliphatic rings. The molecule has 0 saturated heterocycles. The van der Waals surface area contributed by atoms with Gasteiger partial charge >= 0.3 is 0 Å². The van der Waals surface area contributed by atoms with Crippen LogP contribution in [0.2, 0.25) is 0 Å². The van der Waals surface area contributed by atoms with Crippen LogP contribution in [0.25, 0.3) is 5.57 Å². The predicted octanol–water partition coefficient (Wildman–Crippen LogP) is 2.25. The highest BCUT2D eigenvalue weighted by Gasteiger charge is 2.01. The lowest BCUT2D eigenvalue weighted by molar-refractivity contribution is 0.419. The van der Waals surface area contributed by atoms with Crippen molar-refractivity contribution in [3.8, 4) is 0 Å². The van der Waals surface area contributed by atoms with E-state index in [1.807, 2.05) is 0 Å². The third-order valence-corrected chi connectivity index (χ3v) is 2.42. The average Bonchev–Trinajstić information content (AvgIpc) is 2.18. The summed E-state index contributed by atoms with van der Waals surface area (Å²) in [5, 5.41) is 0. The van der Waals surface area contributed by atoms with E-state index in [1.165, 1.54) is 16.7 Å². The van der Waals surface area contributed by atoms with Crippen LogP contribution < -0.4 is 5.73 Å². The van der Waals surface area contributed by atoms with E-state index >= 15 is 0 Å². The number of aryl methyl sites for hydroxylation is 1. The summed E-state index contributed by atoms with van der Waals surface area (Å²) in [5.41, 5.74) is 9.39. The van der Waals surface area contributed by atoms with Gasteiger partial charge in [0.05, 0.1) is 0 Å². The molecule has 0 aromatic heterocycles. The molecule has 0 amide bonds. The standard InChI is InChI=1S/C13H20N2/c1-11-5-4-6-12(9-11)13(10-14)7-8-15(2)3/h4-6,9-10H,7-8,14H2,1-3H3/b13-10-. The third-order valence-electron chi connectivity index (χ3n) is 2.42. The molecule has 0 spiro atoms. The summed E-state index contributed by atoms with van der Waals surface area (Å²) in [6.07, 6.45) is 2.71. The molecule has 1 aromatic rings. The highest BCUT2D eigenvalue weighted by Crippen LogP contribution is 2.18. The van der Waals surface area contributed by atoms with Crippen molar-refractivity contribution in [2.75, 3.05) is 20.6 Å². The van der Waals surface area contributed by atoms with Crippen molar-refractivity contribution >= 4 is 5.57 Å². The smallest absolute Gasteiger partial charge is 0.00165 e. The zero-order chi connectivity index (χ0) is 11.3. The van der Waals surface area contributed by atoms with Crippen LogP contribution in [-0.4, -0.2) is 25.5 Å². The van der Waals surface area contributed by atoms with Crippen molar-refractivity contribution in [1.29, 1.82) is 0 Å². The summed E-state index contributed by atoms with van der Waals surface area (Å²) in [4.78, 5) is 2.17. The van der Waals surface area contributed by atoms with E-state index in [0.29, 0.717) is 0 Å². The zero-order valence-electron chi connectivity index (χ0n) is 9.83. The van der Waals surface area contributed by atoms with Gasteiger partial charge in [0.1, 0.15) is 0 Å². The van der Waals surface area contributed by atoms with E-state index in [0.717, 1.165) is 13.0 Å². The first kappa shape index (κ1) is 11.8. The van der Waals surface area contributed by atoms with Gasteiger partial charge in [-0.3, -0.25) is 0 Å². The molecular weight excluding hydrogens is 184 g/mol. The lowest BCUT2D eigenvalue weighted by Gasteiger charge is -2.12. The van der Waals surface area contributed by atoms with Gasteiger partial charge < -0.3 is 10.6 Å². The number of hydrogen-bond acceptors (Lipinski definition) is 2. The summed E-state index contributed by atoms with van der Waals surface area (Å²) in [6, 6.07) is 8.46. The Morgan fingerprint density at radius 1 is 1.40 bits per heavy atom. The van der Waals surface area contributed by atoms with Crippen LogP contribution in [0.3, 0.4) is 0 Å². The number of benzene rings is 1. The van der Waals surface area contributed by atoms with Crippen LogP contribution in [0, 0.1) is 6.92 Å². The molecule has 0 radical (unpaired) electrons. The van der Waals surface area contributed by atoms with Gasteiger partial charge in [0.25, 0.3) is 0 Å². The number of nitrogens with zero attached hydrogens (tertiary/aromatic N) is 1. The number of hydrogen-bond donors (Lipinski definition) is 1. The lowest BCUT2D eigenvalue weighted by atomic mass is 10.0. The summed E-state index contributed by atoms with van der Waals surface area (Å²) in [7, 11) is 4.15. The topological polar surface area (TPSA) is 29.3 Å². The molecule has 0 fully saturated rings. The Bertz CT molecular complexity index is 340. The highest BCUT2D eigenvalue weighted by molar-refractivity contribution is 5.65. The lowest BCUT2D eigenvalue weighted by Crippen LogP contribution is -2.13.